The molecule has 0 aromatic carbocycles. The van der Waals surface area contributed by atoms with Gasteiger partial charge in [-0.15, -0.1) is 0 Å². The summed E-state index contributed by atoms with van der Waals surface area (Å²) in [5.74, 6) is 0.255. The zero-order valence-electron chi connectivity index (χ0n) is 7.41. The fourth-order valence-electron chi connectivity index (χ4n) is 0.714. The van der Waals surface area contributed by atoms with Crippen LogP contribution in [0, 0.1) is 0 Å². The Kier molecular flexibility index (Phi) is 3.19. The number of ether oxygens (including phenoxy) is 1. The van der Waals surface area contributed by atoms with E-state index in [4.69, 9.17) is 4.74 Å². The molecule has 5 heteroatoms. The van der Waals surface area contributed by atoms with E-state index in [0.717, 1.165) is 0 Å². The van der Waals surface area contributed by atoms with Crippen LogP contribution in [-0.4, -0.2) is 27.8 Å². The summed E-state index contributed by atoms with van der Waals surface area (Å²) in [5, 5.41) is 6.38. The minimum absolute atomic E-state index is 0.281. The molecule has 0 unspecified atom stereocenters. The van der Waals surface area contributed by atoms with E-state index >= 15 is 0 Å². The quantitative estimate of drug-likeness (QED) is 0.541. The van der Waals surface area contributed by atoms with Crippen molar-refractivity contribution >= 4 is 5.97 Å². The van der Waals surface area contributed by atoms with Crippen LogP contribution >= 0.6 is 0 Å². The van der Waals surface area contributed by atoms with Crippen molar-refractivity contribution in [2.24, 2.45) is 0 Å². The summed E-state index contributed by atoms with van der Waals surface area (Å²) in [4.78, 5) is 14.8. The molecule has 70 valence electrons. The van der Waals surface area contributed by atoms with E-state index in [0.29, 0.717) is 17.8 Å². The topological polar surface area (TPSA) is 67.9 Å². The predicted octanol–water partition coefficient (Wildman–Crippen LogP) is 0.466. The SMILES string of the molecule is C=C(C)C(=O)OCCc1nc[nH]n1. The zero-order valence-corrected chi connectivity index (χ0v) is 7.41. The number of nitrogens with zero attached hydrogens (tertiary/aromatic N) is 2. The number of rotatable bonds is 4. The first kappa shape index (κ1) is 9.44. The minimum atomic E-state index is -0.379. The van der Waals surface area contributed by atoms with Gasteiger partial charge in [0.1, 0.15) is 6.33 Å². The first-order valence-corrected chi connectivity index (χ1v) is 3.87. The van der Waals surface area contributed by atoms with Gasteiger partial charge in [0, 0.05) is 12.0 Å². The second-order valence-corrected chi connectivity index (χ2v) is 2.58. The van der Waals surface area contributed by atoms with Crippen molar-refractivity contribution in [2.45, 2.75) is 13.3 Å². The van der Waals surface area contributed by atoms with Crippen molar-refractivity contribution in [3.05, 3.63) is 24.3 Å². The summed E-state index contributed by atoms with van der Waals surface area (Å²) in [7, 11) is 0. The third kappa shape index (κ3) is 3.06. The number of hydrogen-bond acceptors (Lipinski definition) is 4. The van der Waals surface area contributed by atoms with Crippen LogP contribution in [0.15, 0.2) is 18.5 Å². The van der Waals surface area contributed by atoms with E-state index in [-0.39, 0.29) is 12.6 Å². The van der Waals surface area contributed by atoms with E-state index in [9.17, 15) is 4.79 Å². The molecule has 1 aromatic heterocycles. The van der Waals surface area contributed by atoms with Crippen LogP contribution in [-0.2, 0) is 16.0 Å². The molecule has 0 fully saturated rings. The van der Waals surface area contributed by atoms with Crippen molar-refractivity contribution in [3.63, 3.8) is 0 Å². The van der Waals surface area contributed by atoms with Gasteiger partial charge in [0.2, 0.25) is 0 Å². The molecule has 0 atom stereocenters. The van der Waals surface area contributed by atoms with E-state index < -0.39 is 0 Å². The first-order chi connectivity index (χ1) is 6.20. The Morgan fingerprint density at radius 1 is 1.77 bits per heavy atom. The highest BCUT2D eigenvalue weighted by molar-refractivity contribution is 5.86. The Hall–Kier alpha value is -1.65. The molecule has 0 aliphatic heterocycles. The fourth-order valence-corrected chi connectivity index (χ4v) is 0.714. The highest BCUT2D eigenvalue weighted by Gasteiger charge is 2.03. The predicted molar refractivity (Wildman–Crippen MR) is 45.9 cm³/mol. The van der Waals surface area contributed by atoms with Gasteiger partial charge < -0.3 is 4.74 Å². The number of aromatic amines is 1. The maximum Gasteiger partial charge on any atom is 0.333 e. The Labute approximate surface area is 75.8 Å². The Balaban J connectivity index is 2.22. The minimum Gasteiger partial charge on any atom is -0.462 e. The number of carbonyl (C=O) groups is 1. The lowest BCUT2D eigenvalue weighted by atomic mass is 10.3. The third-order valence-corrected chi connectivity index (χ3v) is 1.37. The van der Waals surface area contributed by atoms with Crippen molar-refractivity contribution in [1.82, 2.24) is 15.2 Å². The molecular weight excluding hydrogens is 170 g/mol. The van der Waals surface area contributed by atoms with Gasteiger partial charge >= 0.3 is 5.97 Å². The average Bonchev–Trinajstić information content (AvgIpc) is 2.56. The van der Waals surface area contributed by atoms with Crippen molar-refractivity contribution in [3.8, 4) is 0 Å². The van der Waals surface area contributed by atoms with Gasteiger partial charge in [-0.3, -0.25) is 5.10 Å². The van der Waals surface area contributed by atoms with Crippen LogP contribution in [0.5, 0.6) is 0 Å². The average molecular weight is 181 g/mol. The van der Waals surface area contributed by atoms with E-state index in [1.54, 1.807) is 6.92 Å². The molecule has 0 spiro atoms. The second-order valence-electron chi connectivity index (χ2n) is 2.58. The molecule has 0 saturated heterocycles. The van der Waals surface area contributed by atoms with Crippen LogP contribution in [0.2, 0.25) is 0 Å². The lowest BCUT2D eigenvalue weighted by Crippen LogP contribution is -2.08. The number of esters is 1. The van der Waals surface area contributed by atoms with Gasteiger partial charge in [0.15, 0.2) is 5.82 Å². The smallest absolute Gasteiger partial charge is 0.333 e. The lowest BCUT2D eigenvalue weighted by Gasteiger charge is -2.01. The zero-order chi connectivity index (χ0) is 9.68. The first-order valence-electron chi connectivity index (χ1n) is 3.87. The summed E-state index contributed by atoms with van der Waals surface area (Å²) in [6.07, 6.45) is 2.00. The van der Waals surface area contributed by atoms with Gasteiger partial charge in [0.05, 0.1) is 6.61 Å². The van der Waals surface area contributed by atoms with Crippen LogP contribution in [0.1, 0.15) is 12.7 Å². The molecule has 0 aliphatic rings. The maximum absolute atomic E-state index is 10.9. The molecule has 0 aliphatic carbocycles. The van der Waals surface area contributed by atoms with Gasteiger partial charge in [0.25, 0.3) is 0 Å². The molecule has 5 nitrogen and oxygen atoms in total. The summed E-state index contributed by atoms with van der Waals surface area (Å²) in [6, 6.07) is 0. The highest BCUT2D eigenvalue weighted by atomic mass is 16.5. The summed E-state index contributed by atoms with van der Waals surface area (Å²) in [6.45, 7) is 5.35. The molecule has 1 aromatic rings. The van der Waals surface area contributed by atoms with Crippen LogP contribution in [0.25, 0.3) is 0 Å². The lowest BCUT2D eigenvalue weighted by molar-refractivity contribution is -0.138. The molecule has 1 rings (SSSR count). The van der Waals surface area contributed by atoms with E-state index in [1.165, 1.54) is 6.33 Å². The van der Waals surface area contributed by atoms with Crippen LogP contribution in [0.3, 0.4) is 0 Å². The molecule has 0 saturated carbocycles. The van der Waals surface area contributed by atoms with Crippen LogP contribution < -0.4 is 0 Å². The van der Waals surface area contributed by atoms with Gasteiger partial charge in [-0.25, -0.2) is 9.78 Å². The molecular formula is C8H11N3O2. The Bertz CT molecular complexity index is 292. The number of carbonyl (C=O) groups excluding carboxylic acids is 1. The number of hydrogen-bond donors (Lipinski definition) is 1. The number of nitrogens with one attached hydrogen (secondary N) is 1. The third-order valence-electron chi connectivity index (χ3n) is 1.37. The molecule has 0 radical (unpaired) electrons. The van der Waals surface area contributed by atoms with Crippen molar-refractivity contribution in [2.75, 3.05) is 6.61 Å². The number of H-pyrrole nitrogens is 1. The molecule has 0 bridgehead atoms. The van der Waals surface area contributed by atoms with E-state index in [1.807, 2.05) is 0 Å². The van der Waals surface area contributed by atoms with Gasteiger partial charge in [-0.1, -0.05) is 6.58 Å². The standard InChI is InChI=1S/C8H11N3O2/c1-6(2)8(12)13-4-3-7-9-5-10-11-7/h5H,1,3-4H2,2H3,(H,9,10,11). The van der Waals surface area contributed by atoms with Crippen molar-refractivity contribution < 1.29 is 9.53 Å². The normalized spacial score (nSPS) is 9.62. The summed E-state index contributed by atoms with van der Waals surface area (Å²) in [5.41, 5.74) is 0.398. The second kappa shape index (κ2) is 4.39. The van der Waals surface area contributed by atoms with Gasteiger partial charge in [-0.05, 0) is 6.92 Å². The molecule has 13 heavy (non-hydrogen) atoms. The monoisotopic (exact) mass is 181 g/mol. The fraction of sp³-hybridized carbons (Fsp3) is 0.375. The largest absolute Gasteiger partial charge is 0.462 e. The summed E-state index contributed by atoms with van der Waals surface area (Å²) >= 11 is 0. The van der Waals surface area contributed by atoms with Crippen LogP contribution in [0.4, 0.5) is 0 Å². The highest BCUT2D eigenvalue weighted by Crippen LogP contribution is 1.94. The molecule has 0 amide bonds. The molecule has 1 N–H and O–H groups in total. The maximum atomic E-state index is 10.9. The van der Waals surface area contributed by atoms with Gasteiger partial charge in [-0.2, -0.15) is 5.10 Å². The van der Waals surface area contributed by atoms with Crippen molar-refractivity contribution in [1.29, 1.82) is 0 Å². The Morgan fingerprint density at radius 2 is 2.54 bits per heavy atom. The summed E-state index contributed by atoms with van der Waals surface area (Å²) < 4.78 is 4.84. The molecule has 1 heterocycles. The van der Waals surface area contributed by atoms with E-state index in [2.05, 4.69) is 21.8 Å². The Morgan fingerprint density at radius 3 is 3.08 bits per heavy atom. The number of aromatic nitrogens is 3.